The van der Waals surface area contributed by atoms with Gasteiger partial charge in [-0.1, -0.05) is 13.0 Å². The first-order valence-corrected chi connectivity index (χ1v) is 15.2. The first-order chi connectivity index (χ1) is 22.2. The molecule has 6 rings (SSSR count). The van der Waals surface area contributed by atoms with Gasteiger partial charge in [0.05, 0.1) is 24.6 Å². The molecule has 1 aliphatic heterocycles. The van der Waals surface area contributed by atoms with Crippen molar-refractivity contribution in [2.24, 2.45) is 5.92 Å². The van der Waals surface area contributed by atoms with E-state index in [0.717, 1.165) is 18.4 Å². The standard InChI is InChI=1S/C33H34F2N8O3/c1-3-21-14-22(4-5-23(21)33(46)38-15-20-8-11-42(12-9-20)18-28(44)45)40-31-32-37-17-27(43(32)13-10-36-31)25-7-6-24(29(34)30(25)35)26-16-39-41-19(26)2/h4-7,10,13-14,16-17,20H,3,8-9,11-12,15,18H2,1-2H3,(H,36,40)(H,38,46)(H,39,41)(H,44,45). The van der Waals surface area contributed by atoms with Crippen LogP contribution in [0.2, 0.25) is 0 Å². The highest BCUT2D eigenvalue weighted by molar-refractivity contribution is 5.96. The van der Waals surface area contributed by atoms with Crippen molar-refractivity contribution in [2.75, 3.05) is 31.5 Å². The Bertz CT molecular complexity index is 1910. The number of H-pyrrole nitrogens is 1. The van der Waals surface area contributed by atoms with E-state index < -0.39 is 17.6 Å². The number of aryl methyl sites for hydroxylation is 2. The van der Waals surface area contributed by atoms with Crippen LogP contribution in [0, 0.1) is 24.5 Å². The van der Waals surface area contributed by atoms with Crippen molar-refractivity contribution in [2.45, 2.75) is 33.1 Å². The number of imidazole rings is 1. The zero-order valence-corrected chi connectivity index (χ0v) is 25.5. The third kappa shape index (κ3) is 6.18. The minimum Gasteiger partial charge on any atom is -0.480 e. The van der Waals surface area contributed by atoms with Crippen LogP contribution in [0.25, 0.3) is 28.0 Å². The zero-order valence-electron chi connectivity index (χ0n) is 25.5. The molecule has 0 radical (unpaired) electrons. The van der Waals surface area contributed by atoms with Crippen LogP contribution in [0.1, 0.15) is 41.4 Å². The summed E-state index contributed by atoms with van der Waals surface area (Å²) < 4.78 is 32.2. The highest BCUT2D eigenvalue weighted by Crippen LogP contribution is 2.33. The quantitative estimate of drug-likeness (QED) is 0.165. The number of aromatic nitrogens is 5. The Kier molecular flexibility index (Phi) is 8.75. The number of carboxylic acids is 1. The van der Waals surface area contributed by atoms with Gasteiger partial charge >= 0.3 is 5.97 Å². The first-order valence-electron chi connectivity index (χ1n) is 15.2. The molecular formula is C33H34F2N8O3. The number of likely N-dealkylation sites (tertiary alicyclic amines) is 1. The molecule has 5 aromatic rings. The number of halogens is 2. The summed E-state index contributed by atoms with van der Waals surface area (Å²) in [4.78, 5) is 34.9. The van der Waals surface area contributed by atoms with Crippen molar-refractivity contribution in [1.82, 2.24) is 34.8 Å². The van der Waals surface area contributed by atoms with Gasteiger partial charge in [-0.05, 0) is 75.0 Å². The van der Waals surface area contributed by atoms with Crippen molar-refractivity contribution in [3.63, 3.8) is 0 Å². The Morgan fingerprint density at radius 1 is 1.04 bits per heavy atom. The molecule has 0 atom stereocenters. The number of amides is 1. The van der Waals surface area contributed by atoms with Crippen LogP contribution >= 0.6 is 0 Å². The first kappa shape index (κ1) is 30.8. The summed E-state index contributed by atoms with van der Waals surface area (Å²) in [7, 11) is 0. The molecule has 0 saturated carbocycles. The number of hydrogen-bond acceptors (Lipinski definition) is 7. The van der Waals surface area contributed by atoms with E-state index in [1.165, 1.54) is 24.5 Å². The number of nitrogens with one attached hydrogen (secondary N) is 3. The number of carboxylic acid groups (broad SMARTS) is 1. The molecule has 13 heteroatoms. The molecule has 11 nitrogen and oxygen atoms in total. The molecule has 1 aliphatic rings. The molecule has 0 aliphatic carbocycles. The highest BCUT2D eigenvalue weighted by atomic mass is 19.2. The van der Waals surface area contributed by atoms with Crippen molar-refractivity contribution >= 4 is 29.0 Å². The summed E-state index contributed by atoms with van der Waals surface area (Å²) in [6, 6.07) is 8.50. The summed E-state index contributed by atoms with van der Waals surface area (Å²) in [6.45, 7) is 5.70. The highest BCUT2D eigenvalue weighted by Gasteiger charge is 2.23. The molecule has 46 heavy (non-hydrogen) atoms. The molecule has 238 valence electrons. The summed E-state index contributed by atoms with van der Waals surface area (Å²) in [5, 5.41) is 22.0. The van der Waals surface area contributed by atoms with Crippen molar-refractivity contribution in [3.05, 3.63) is 83.6 Å². The number of rotatable bonds is 10. The lowest BCUT2D eigenvalue weighted by atomic mass is 9.96. The van der Waals surface area contributed by atoms with Gasteiger partial charge < -0.3 is 15.7 Å². The molecule has 0 unspecified atom stereocenters. The van der Waals surface area contributed by atoms with E-state index in [-0.39, 0.29) is 23.6 Å². The van der Waals surface area contributed by atoms with Gasteiger partial charge in [-0.25, -0.2) is 18.7 Å². The number of aliphatic carboxylic acids is 1. The van der Waals surface area contributed by atoms with E-state index in [9.17, 15) is 9.59 Å². The number of carbonyl (C=O) groups is 2. The lowest BCUT2D eigenvalue weighted by molar-refractivity contribution is -0.138. The number of aromatic amines is 1. The Labute approximate surface area is 263 Å². The van der Waals surface area contributed by atoms with E-state index in [4.69, 9.17) is 5.11 Å². The largest absolute Gasteiger partial charge is 0.480 e. The summed E-state index contributed by atoms with van der Waals surface area (Å²) in [5.74, 6) is -2.23. The minimum atomic E-state index is -0.990. The van der Waals surface area contributed by atoms with Crippen LogP contribution in [0.4, 0.5) is 20.3 Å². The predicted molar refractivity (Wildman–Crippen MR) is 169 cm³/mol. The molecule has 1 saturated heterocycles. The molecule has 1 fully saturated rings. The van der Waals surface area contributed by atoms with Crippen LogP contribution < -0.4 is 10.6 Å². The average molecular weight is 629 g/mol. The fourth-order valence-electron chi connectivity index (χ4n) is 5.98. The van der Waals surface area contributed by atoms with Crippen LogP contribution in [0.5, 0.6) is 0 Å². The number of anilines is 2. The van der Waals surface area contributed by atoms with Crippen LogP contribution in [0.3, 0.4) is 0 Å². The topological polar surface area (TPSA) is 141 Å². The molecule has 0 spiro atoms. The van der Waals surface area contributed by atoms with Gasteiger partial charge in [-0.2, -0.15) is 5.10 Å². The second-order valence-corrected chi connectivity index (χ2v) is 11.5. The van der Waals surface area contributed by atoms with Gasteiger partial charge in [0.15, 0.2) is 23.1 Å². The van der Waals surface area contributed by atoms with Crippen molar-refractivity contribution in [3.8, 4) is 22.4 Å². The smallest absolute Gasteiger partial charge is 0.317 e. The summed E-state index contributed by atoms with van der Waals surface area (Å²) in [6.07, 6.45) is 8.42. The fourth-order valence-corrected chi connectivity index (χ4v) is 5.98. The maximum atomic E-state index is 15.4. The number of hydrogen-bond donors (Lipinski definition) is 4. The fraction of sp³-hybridized carbons (Fsp3) is 0.303. The van der Waals surface area contributed by atoms with E-state index in [1.54, 1.807) is 35.9 Å². The number of benzene rings is 2. The molecule has 3 aromatic heterocycles. The Hall–Kier alpha value is -5.17. The third-order valence-corrected chi connectivity index (χ3v) is 8.52. The average Bonchev–Trinajstić information content (AvgIpc) is 3.68. The zero-order chi connectivity index (χ0) is 32.4. The second kappa shape index (κ2) is 13.1. The SMILES string of the molecule is CCc1cc(Nc2nccn3c(-c4ccc(-c5cn[nH]c5C)c(F)c4F)cnc23)ccc1C(=O)NCC1CCN(CC(=O)O)CC1. The van der Waals surface area contributed by atoms with E-state index in [0.29, 0.717) is 71.6 Å². The van der Waals surface area contributed by atoms with Crippen LogP contribution in [0.15, 0.2) is 55.1 Å². The lowest BCUT2D eigenvalue weighted by Crippen LogP contribution is -2.40. The Balaban J connectivity index is 1.17. The number of nitrogens with zero attached hydrogens (tertiary/aromatic N) is 5. The molecule has 4 heterocycles. The molecular weight excluding hydrogens is 594 g/mol. The number of carbonyl (C=O) groups excluding carboxylic acids is 1. The van der Waals surface area contributed by atoms with Gasteiger partial charge in [0.2, 0.25) is 0 Å². The van der Waals surface area contributed by atoms with Crippen molar-refractivity contribution < 1.29 is 23.5 Å². The summed E-state index contributed by atoms with van der Waals surface area (Å²) >= 11 is 0. The molecule has 1 amide bonds. The van der Waals surface area contributed by atoms with Gasteiger partial charge in [0.1, 0.15) is 0 Å². The maximum Gasteiger partial charge on any atom is 0.317 e. The maximum absolute atomic E-state index is 15.4. The summed E-state index contributed by atoms with van der Waals surface area (Å²) in [5.41, 5.74) is 4.20. The van der Waals surface area contributed by atoms with Gasteiger partial charge in [0.25, 0.3) is 5.91 Å². The Morgan fingerprint density at radius 3 is 2.52 bits per heavy atom. The molecule has 2 aromatic carbocycles. The van der Waals surface area contributed by atoms with Crippen molar-refractivity contribution in [1.29, 1.82) is 0 Å². The van der Waals surface area contributed by atoms with E-state index in [2.05, 4.69) is 30.8 Å². The molecule has 0 bridgehead atoms. The van der Waals surface area contributed by atoms with E-state index in [1.807, 2.05) is 17.9 Å². The number of piperidine rings is 1. The monoisotopic (exact) mass is 628 g/mol. The third-order valence-electron chi connectivity index (χ3n) is 8.52. The normalized spacial score (nSPS) is 14.1. The molecule has 4 N–H and O–H groups in total. The predicted octanol–water partition coefficient (Wildman–Crippen LogP) is 5.21. The second-order valence-electron chi connectivity index (χ2n) is 11.5. The van der Waals surface area contributed by atoms with Gasteiger partial charge in [-0.3, -0.25) is 24.0 Å². The Morgan fingerprint density at radius 2 is 1.80 bits per heavy atom. The van der Waals surface area contributed by atoms with Crippen LogP contribution in [-0.4, -0.2) is 72.6 Å². The van der Waals surface area contributed by atoms with Gasteiger partial charge in [-0.15, -0.1) is 0 Å². The number of fused-ring (bicyclic) bond motifs is 1. The minimum absolute atomic E-state index is 0.0462. The lowest BCUT2D eigenvalue weighted by Gasteiger charge is -2.30. The van der Waals surface area contributed by atoms with E-state index >= 15 is 8.78 Å². The van der Waals surface area contributed by atoms with Gasteiger partial charge in [0, 0.05) is 52.6 Å². The van der Waals surface area contributed by atoms with Crippen LogP contribution in [-0.2, 0) is 11.2 Å².